The van der Waals surface area contributed by atoms with Gasteiger partial charge >= 0.3 is 0 Å². The average molecular weight is 305 g/mol. The fourth-order valence-electron chi connectivity index (χ4n) is 2.07. The van der Waals surface area contributed by atoms with Crippen molar-refractivity contribution < 1.29 is 9.59 Å². The Bertz CT molecular complexity index is 472. The van der Waals surface area contributed by atoms with Gasteiger partial charge in [-0.1, -0.05) is 44.2 Å². The third kappa shape index (κ3) is 6.72. The molecule has 0 spiro atoms. The van der Waals surface area contributed by atoms with E-state index in [1.165, 1.54) is 0 Å². The summed E-state index contributed by atoms with van der Waals surface area (Å²) in [5.74, 6) is -0.278. The van der Waals surface area contributed by atoms with Crippen LogP contribution in [-0.4, -0.2) is 30.4 Å². The van der Waals surface area contributed by atoms with Gasteiger partial charge in [-0.2, -0.15) is 0 Å². The number of nitrogens with one attached hydrogen (secondary N) is 2. The molecule has 2 amide bonds. The number of carbonyl (C=O) groups excluding carboxylic acids is 2. The minimum atomic E-state index is -0.524. The van der Waals surface area contributed by atoms with Gasteiger partial charge in [0.25, 0.3) is 0 Å². The Hall–Kier alpha value is -1.88. The number of hydrogen-bond donors (Lipinski definition) is 3. The highest BCUT2D eigenvalue weighted by Crippen LogP contribution is 2.04. The molecule has 0 fully saturated rings. The zero-order valence-electron chi connectivity index (χ0n) is 13.6. The lowest BCUT2D eigenvalue weighted by molar-refractivity contribution is -0.129. The van der Waals surface area contributed by atoms with Crippen LogP contribution in [0.25, 0.3) is 0 Å². The number of amides is 2. The van der Waals surface area contributed by atoms with Gasteiger partial charge in [0.1, 0.15) is 6.04 Å². The molecule has 0 aromatic heterocycles. The molecular formula is C17H27N3O2. The lowest BCUT2D eigenvalue weighted by Gasteiger charge is -2.22. The molecule has 2 unspecified atom stereocenters. The molecule has 0 radical (unpaired) electrons. The minimum Gasteiger partial charge on any atom is -0.354 e. The summed E-state index contributed by atoms with van der Waals surface area (Å²) in [6.07, 6.45) is 0.992. The lowest BCUT2D eigenvalue weighted by Crippen LogP contribution is -2.50. The number of rotatable bonds is 8. The number of carbonyl (C=O) groups is 2. The molecule has 0 aliphatic heterocycles. The standard InChI is InChI=1S/C17H27N3O2/c1-12(2)16(17(22)19-10-9-13(3)18)20-15(21)11-14-7-5-4-6-8-14/h4-8,12-13,16H,9-11,18H2,1-3H3,(H,19,22)(H,20,21). The van der Waals surface area contributed by atoms with E-state index in [4.69, 9.17) is 5.73 Å². The molecular weight excluding hydrogens is 278 g/mol. The van der Waals surface area contributed by atoms with E-state index in [-0.39, 0.29) is 30.2 Å². The highest BCUT2D eigenvalue weighted by Gasteiger charge is 2.23. The van der Waals surface area contributed by atoms with Gasteiger partial charge in [0, 0.05) is 12.6 Å². The Labute approximate surface area is 132 Å². The maximum absolute atomic E-state index is 12.2. The van der Waals surface area contributed by atoms with E-state index in [2.05, 4.69) is 10.6 Å². The molecule has 1 aromatic rings. The maximum atomic E-state index is 12.2. The Morgan fingerprint density at radius 3 is 2.32 bits per heavy atom. The predicted octanol–water partition coefficient (Wildman–Crippen LogP) is 1.22. The van der Waals surface area contributed by atoms with Crippen molar-refractivity contribution in [2.24, 2.45) is 11.7 Å². The van der Waals surface area contributed by atoms with E-state index in [9.17, 15) is 9.59 Å². The van der Waals surface area contributed by atoms with Crippen molar-refractivity contribution in [2.75, 3.05) is 6.54 Å². The molecule has 0 aliphatic rings. The first kappa shape index (κ1) is 18.2. The second-order valence-electron chi connectivity index (χ2n) is 6.01. The van der Waals surface area contributed by atoms with Gasteiger partial charge in [0.2, 0.25) is 11.8 Å². The van der Waals surface area contributed by atoms with Crippen LogP contribution in [0, 0.1) is 5.92 Å². The summed E-state index contributed by atoms with van der Waals surface area (Å²) >= 11 is 0. The molecule has 2 atom stereocenters. The molecule has 0 bridgehead atoms. The topological polar surface area (TPSA) is 84.2 Å². The minimum absolute atomic E-state index is 0.0232. The van der Waals surface area contributed by atoms with Gasteiger partial charge in [-0.15, -0.1) is 0 Å². The maximum Gasteiger partial charge on any atom is 0.242 e. The molecule has 4 N–H and O–H groups in total. The van der Waals surface area contributed by atoms with E-state index < -0.39 is 6.04 Å². The van der Waals surface area contributed by atoms with Gasteiger partial charge < -0.3 is 16.4 Å². The van der Waals surface area contributed by atoms with Gasteiger partial charge in [0.15, 0.2) is 0 Å². The van der Waals surface area contributed by atoms with Gasteiger partial charge in [-0.25, -0.2) is 0 Å². The van der Waals surface area contributed by atoms with Crippen LogP contribution in [-0.2, 0) is 16.0 Å². The summed E-state index contributed by atoms with van der Waals surface area (Å²) in [6.45, 7) is 6.25. The summed E-state index contributed by atoms with van der Waals surface area (Å²) in [5, 5.41) is 5.65. The molecule has 122 valence electrons. The Balaban J connectivity index is 2.52. The van der Waals surface area contributed by atoms with E-state index in [1.807, 2.05) is 51.1 Å². The normalized spacial score (nSPS) is 13.5. The summed E-state index contributed by atoms with van der Waals surface area (Å²) in [4.78, 5) is 24.3. The van der Waals surface area contributed by atoms with Crippen LogP contribution < -0.4 is 16.4 Å². The van der Waals surface area contributed by atoms with Crippen LogP contribution in [0.3, 0.4) is 0 Å². The van der Waals surface area contributed by atoms with Gasteiger partial charge in [-0.05, 0) is 24.8 Å². The van der Waals surface area contributed by atoms with Gasteiger partial charge in [-0.3, -0.25) is 9.59 Å². The fraction of sp³-hybridized carbons (Fsp3) is 0.529. The molecule has 0 heterocycles. The van der Waals surface area contributed by atoms with Crippen molar-refractivity contribution in [3.05, 3.63) is 35.9 Å². The summed E-state index contributed by atoms with van der Waals surface area (Å²) in [7, 11) is 0. The largest absolute Gasteiger partial charge is 0.354 e. The second kappa shape index (κ2) is 9.20. The van der Waals surface area contributed by atoms with Crippen LogP contribution in [0.5, 0.6) is 0 Å². The van der Waals surface area contributed by atoms with Crippen molar-refractivity contribution >= 4 is 11.8 Å². The van der Waals surface area contributed by atoms with Crippen molar-refractivity contribution in [1.82, 2.24) is 10.6 Å². The predicted molar refractivity (Wildman–Crippen MR) is 88.2 cm³/mol. The highest BCUT2D eigenvalue weighted by molar-refractivity contribution is 5.88. The first-order valence-electron chi connectivity index (χ1n) is 7.76. The van der Waals surface area contributed by atoms with Crippen molar-refractivity contribution in [1.29, 1.82) is 0 Å². The van der Waals surface area contributed by atoms with Crippen molar-refractivity contribution in [2.45, 2.75) is 45.7 Å². The number of benzene rings is 1. The molecule has 1 aromatic carbocycles. The zero-order valence-corrected chi connectivity index (χ0v) is 13.6. The third-order valence-electron chi connectivity index (χ3n) is 3.37. The first-order chi connectivity index (χ1) is 10.4. The summed E-state index contributed by atoms with van der Waals surface area (Å²) in [5.41, 5.74) is 6.59. The Morgan fingerprint density at radius 1 is 1.14 bits per heavy atom. The van der Waals surface area contributed by atoms with E-state index in [0.29, 0.717) is 13.0 Å². The summed E-state index contributed by atoms with van der Waals surface area (Å²) < 4.78 is 0. The van der Waals surface area contributed by atoms with Crippen LogP contribution in [0.4, 0.5) is 0 Å². The third-order valence-corrected chi connectivity index (χ3v) is 3.37. The SMILES string of the molecule is CC(N)CCNC(=O)C(NC(=O)Cc1ccccc1)C(C)C. The van der Waals surface area contributed by atoms with E-state index >= 15 is 0 Å². The van der Waals surface area contributed by atoms with Crippen molar-refractivity contribution in [3.63, 3.8) is 0 Å². The quantitative estimate of drug-likeness (QED) is 0.675. The molecule has 0 aliphatic carbocycles. The highest BCUT2D eigenvalue weighted by atomic mass is 16.2. The number of nitrogens with two attached hydrogens (primary N) is 1. The van der Waals surface area contributed by atoms with E-state index in [1.54, 1.807) is 0 Å². The smallest absolute Gasteiger partial charge is 0.242 e. The van der Waals surface area contributed by atoms with Crippen LogP contribution in [0.1, 0.15) is 32.8 Å². The molecule has 5 heteroatoms. The fourth-order valence-corrected chi connectivity index (χ4v) is 2.07. The molecule has 1 rings (SSSR count). The lowest BCUT2D eigenvalue weighted by atomic mass is 10.0. The second-order valence-corrected chi connectivity index (χ2v) is 6.01. The molecule has 22 heavy (non-hydrogen) atoms. The van der Waals surface area contributed by atoms with Crippen LogP contribution in [0.15, 0.2) is 30.3 Å². The van der Waals surface area contributed by atoms with Crippen molar-refractivity contribution in [3.8, 4) is 0 Å². The first-order valence-corrected chi connectivity index (χ1v) is 7.76. The molecule has 5 nitrogen and oxygen atoms in total. The number of hydrogen-bond acceptors (Lipinski definition) is 3. The average Bonchev–Trinajstić information content (AvgIpc) is 2.45. The Morgan fingerprint density at radius 2 is 1.77 bits per heavy atom. The summed E-state index contributed by atoms with van der Waals surface area (Å²) in [6, 6.07) is 9.01. The monoisotopic (exact) mass is 305 g/mol. The van der Waals surface area contributed by atoms with Crippen LogP contribution >= 0.6 is 0 Å². The van der Waals surface area contributed by atoms with E-state index in [0.717, 1.165) is 5.56 Å². The Kier molecular flexibility index (Phi) is 7.60. The molecule has 0 saturated heterocycles. The molecule has 0 saturated carbocycles. The van der Waals surface area contributed by atoms with Gasteiger partial charge in [0.05, 0.1) is 6.42 Å². The van der Waals surface area contributed by atoms with Crippen LogP contribution in [0.2, 0.25) is 0 Å². The zero-order chi connectivity index (χ0) is 16.5.